The number of nitrogens with zero attached hydrogens (tertiary/aromatic N) is 5. The minimum absolute atomic E-state index is 0.0528. The van der Waals surface area contributed by atoms with Gasteiger partial charge in [0.25, 0.3) is 0 Å². The molecule has 0 aromatic carbocycles. The summed E-state index contributed by atoms with van der Waals surface area (Å²) in [6.07, 6.45) is 6.71. The molecule has 2 amide bonds. The van der Waals surface area contributed by atoms with E-state index in [2.05, 4.69) is 25.6 Å². The summed E-state index contributed by atoms with van der Waals surface area (Å²) in [6.45, 7) is 4.84. The van der Waals surface area contributed by atoms with Crippen molar-refractivity contribution < 1.29 is 9.53 Å². The summed E-state index contributed by atoms with van der Waals surface area (Å²) in [5.41, 5.74) is 3.51. The Morgan fingerprint density at radius 1 is 1.26 bits per heavy atom. The van der Waals surface area contributed by atoms with Gasteiger partial charge in [-0.1, -0.05) is 0 Å². The van der Waals surface area contributed by atoms with E-state index in [0.29, 0.717) is 17.5 Å². The molecule has 0 spiro atoms. The molecule has 3 aromatic rings. The molecule has 1 atom stereocenters. The Labute approximate surface area is 180 Å². The highest BCUT2D eigenvalue weighted by atomic mass is 16.5. The lowest BCUT2D eigenvalue weighted by Gasteiger charge is -2.32. The van der Waals surface area contributed by atoms with Crippen LogP contribution in [0.3, 0.4) is 0 Å². The smallest absolute Gasteiger partial charge is 0.328 e. The monoisotopic (exact) mass is 419 g/mol. The van der Waals surface area contributed by atoms with Gasteiger partial charge < -0.3 is 10.1 Å². The summed E-state index contributed by atoms with van der Waals surface area (Å²) < 4.78 is 5.13. The molecule has 31 heavy (non-hydrogen) atoms. The fraction of sp³-hybridized carbons (Fsp3) is 0.318. The first-order valence-electron chi connectivity index (χ1n) is 10.2. The van der Waals surface area contributed by atoms with Crippen molar-refractivity contribution >= 4 is 23.4 Å². The topological polar surface area (TPSA) is 105 Å². The molecule has 4 rings (SSSR count). The summed E-state index contributed by atoms with van der Waals surface area (Å²) in [5, 5.41) is 6.25. The standard InChI is InChI=1S/C22H25N7O2/c1-14-9-16(12-23-11-14)17-6-7-18-21(27-17)29(15(2)5-4-8-24-18)22(30)28-19-10-20(31-3)26-13-25-19/h6-7,9-13,15,24H,4-5,8H2,1-3H3,(H,25,26,28,30)/t15-/m1/s1. The van der Waals surface area contributed by atoms with Gasteiger partial charge in [-0.05, 0) is 50.5 Å². The highest BCUT2D eigenvalue weighted by molar-refractivity contribution is 6.03. The fourth-order valence-electron chi connectivity index (χ4n) is 3.57. The van der Waals surface area contributed by atoms with Crippen molar-refractivity contribution in [2.45, 2.75) is 32.7 Å². The molecule has 0 aliphatic carbocycles. The zero-order chi connectivity index (χ0) is 21.8. The highest BCUT2D eigenvalue weighted by Crippen LogP contribution is 2.32. The second-order valence-electron chi connectivity index (χ2n) is 7.48. The first-order chi connectivity index (χ1) is 15.0. The minimum atomic E-state index is -0.315. The predicted octanol–water partition coefficient (Wildman–Crippen LogP) is 3.88. The Bertz CT molecular complexity index is 1090. The van der Waals surface area contributed by atoms with Crippen LogP contribution in [0.1, 0.15) is 25.3 Å². The van der Waals surface area contributed by atoms with Gasteiger partial charge in [-0.15, -0.1) is 0 Å². The van der Waals surface area contributed by atoms with Crippen molar-refractivity contribution in [2.75, 3.05) is 29.2 Å². The van der Waals surface area contributed by atoms with Crippen molar-refractivity contribution in [1.29, 1.82) is 0 Å². The second kappa shape index (κ2) is 8.95. The van der Waals surface area contributed by atoms with Gasteiger partial charge in [0.05, 0.1) is 18.5 Å². The predicted molar refractivity (Wildman–Crippen MR) is 119 cm³/mol. The number of rotatable bonds is 3. The molecule has 2 N–H and O–H groups in total. The number of pyridine rings is 2. The number of carbonyl (C=O) groups excluding carboxylic acids is 1. The van der Waals surface area contributed by atoms with Crippen molar-refractivity contribution in [3.8, 4) is 17.1 Å². The SMILES string of the molecule is COc1cc(NC(=O)N2c3nc(-c4cncc(C)c4)ccc3NCCC[C@H]2C)ncn1. The van der Waals surface area contributed by atoms with E-state index in [1.165, 1.54) is 13.4 Å². The number of hydrogen-bond acceptors (Lipinski definition) is 7. The first kappa shape index (κ1) is 20.5. The van der Waals surface area contributed by atoms with Crippen molar-refractivity contribution in [1.82, 2.24) is 19.9 Å². The molecule has 160 valence electrons. The molecule has 4 heterocycles. The van der Waals surface area contributed by atoms with E-state index < -0.39 is 0 Å². The lowest BCUT2D eigenvalue weighted by molar-refractivity contribution is 0.254. The molecule has 0 unspecified atom stereocenters. The number of urea groups is 1. The third kappa shape index (κ3) is 4.55. The quantitative estimate of drug-likeness (QED) is 0.664. The highest BCUT2D eigenvalue weighted by Gasteiger charge is 2.28. The maximum Gasteiger partial charge on any atom is 0.328 e. The molecule has 1 aliphatic rings. The first-order valence-corrected chi connectivity index (χ1v) is 10.2. The Morgan fingerprint density at radius 3 is 2.94 bits per heavy atom. The Hall–Kier alpha value is -3.75. The molecule has 9 heteroatoms. The van der Waals surface area contributed by atoms with Gasteiger partial charge in [-0.3, -0.25) is 15.2 Å². The largest absolute Gasteiger partial charge is 0.481 e. The van der Waals surface area contributed by atoms with Crippen molar-refractivity contribution in [3.63, 3.8) is 0 Å². The number of carbonyl (C=O) groups is 1. The summed E-state index contributed by atoms with van der Waals surface area (Å²) in [7, 11) is 1.52. The lowest BCUT2D eigenvalue weighted by Crippen LogP contribution is -2.43. The van der Waals surface area contributed by atoms with Crippen LogP contribution in [0.5, 0.6) is 5.88 Å². The molecule has 0 saturated heterocycles. The van der Waals surface area contributed by atoms with E-state index in [1.807, 2.05) is 32.0 Å². The van der Waals surface area contributed by atoms with Crippen LogP contribution in [0, 0.1) is 6.92 Å². The Kier molecular flexibility index (Phi) is 5.92. The average Bonchev–Trinajstić information content (AvgIpc) is 2.76. The lowest BCUT2D eigenvalue weighted by atomic mass is 10.1. The minimum Gasteiger partial charge on any atom is -0.481 e. The number of fused-ring (bicyclic) bond motifs is 1. The summed E-state index contributed by atoms with van der Waals surface area (Å²) in [4.78, 5) is 32.3. The van der Waals surface area contributed by atoms with Gasteiger partial charge in [-0.2, -0.15) is 0 Å². The van der Waals surface area contributed by atoms with Crippen LogP contribution >= 0.6 is 0 Å². The fourth-order valence-corrected chi connectivity index (χ4v) is 3.57. The zero-order valence-electron chi connectivity index (χ0n) is 17.8. The molecular formula is C22H25N7O2. The second-order valence-corrected chi connectivity index (χ2v) is 7.48. The van der Waals surface area contributed by atoms with E-state index in [1.54, 1.807) is 23.4 Å². The molecular weight excluding hydrogens is 394 g/mol. The summed E-state index contributed by atoms with van der Waals surface area (Å²) in [6, 6.07) is 7.15. The number of aryl methyl sites for hydroxylation is 1. The van der Waals surface area contributed by atoms with Crippen LogP contribution in [0.2, 0.25) is 0 Å². The summed E-state index contributed by atoms with van der Waals surface area (Å²) in [5.74, 6) is 1.31. The van der Waals surface area contributed by atoms with E-state index in [9.17, 15) is 4.79 Å². The van der Waals surface area contributed by atoms with Gasteiger partial charge in [0.1, 0.15) is 12.1 Å². The van der Waals surface area contributed by atoms with E-state index in [0.717, 1.165) is 41.9 Å². The number of aromatic nitrogens is 4. The third-order valence-electron chi connectivity index (χ3n) is 5.13. The van der Waals surface area contributed by atoms with Gasteiger partial charge >= 0.3 is 6.03 Å². The number of hydrogen-bond donors (Lipinski definition) is 2. The molecule has 0 bridgehead atoms. The number of amides is 2. The Balaban J connectivity index is 1.72. The van der Waals surface area contributed by atoms with Crippen LogP contribution in [-0.2, 0) is 0 Å². The van der Waals surface area contributed by atoms with Crippen LogP contribution < -0.4 is 20.3 Å². The molecule has 1 aliphatic heterocycles. The maximum atomic E-state index is 13.3. The van der Waals surface area contributed by atoms with Gasteiger partial charge in [0, 0.05) is 36.6 Å². The molecule has 0 radical (unpaired) electrons. The number of methoxy groups -OCH3 is 1. The number of anilines is 3. The zero-order valence-corrected chi connectivity index (χ0v) is 17.8. The number of nitrogens with one attached hydrogen (secondary N) is 2. The number of ether oxygens (including phenoxy) is 1. The molecule has 0 fully saturated rings. The molecule has 9 nitrogen and oxygen atoms in total. The van der Waals surface area contributed by atoms with Gasteiger partial charge in [0.2, 0.25) is 5.88 Å². The average molecular weight is 419 g/mol. The normalized spacial score (nSPS) is 15.8. The van der Waals surface area contributed by atoms with E-state index >= 15 is 0 Å². The van der Waals surface area contributed by atoms with Crippen molar-refractivity contribution in [2.24, 2.45) is 0 Å². The van der Waals surface area contributed by atoms with Gasteiger partial charge in [0.15, 0.2) is 5.82 Å². The van der Waals surface area contributed by atoms with Gasteiger partial charge in [-0.25, -0.2) is 19.7 Å². The van der Waals surface area contributed by atoms with E-state index in [-0.39, 0.29) is 12.1 Å². The van der Waals surface area contributed by atoms with Crippen LogP contribution in [0.25, 0.3) is 11.3 Å². The summed E-state index contributed by atoms with van der Waals surface area (Å²) >= 11 is 0. The van der Waals surface area contributed by atoms with Crippen LogP contribution in [-0.4, -0.2) is 45.7 Å². The molecule has 0 saturated carbocycles. The van der Waals surface area contributed by atoms with Crippen molar-refractivity contribution in [3.05, 3.63) is 48.5 Å². The van der Waals surface area contributed by atoms with Crippen LogP contribution in [0.4, 0.5) is 22.1 Å². The third-order valence-corrected chi connectivity index (χ3v) is 5.13. The maximum absolute atomic E-state index is 13.3. The molecule has 3 aromatic heterocycles. The van der Waals surface area contributed by atoms with Crippen LogP contribution in [0.15, 0.2) is 43.0 Å². The van der Waals surface area contributed by atoms with E-state index in [4.69, 9.17) is 9.72 Å². The Morgan fingerprint density at radius 2 is 2.13 bits per heavy atom.